The first kappa shape index (κ1) is 24.0. The molecule has 3 aromatic rings. The number of amides is 1. The van der Waals surface area contributed by atoms with Gasteiger partial charge in [-0.1, -0.05) is 54.6 Å². The molecule has 1 heterocycles. The van der Waals surface area contributed by atoms with Gasteiger partial charge in [-0.2, -0.15) is 0 Å². The van der Waals surface area contributed by atoms with Crippen LogP contribution in [-0.4, -0.2) is 34.3 Å². The van der Waals surface area contributed by atoms with Gasteiger partial charge in [-0.3, -0.25) is 4.79 Å². The fourth-order valence-corrected chi connectivity index (χ4v) is 5.75. The highest BCUT2D eigenvalue weighted by Gasteiger charge is 2.25. The predicted molar refractivity (Wildman–Crippen MR) is 128 cm³/mol. The van der Waals surface area contributed by atoms with Crippen molar-refractivity contribution < 1.29 is 13.2 Å². The number of aromatic nitrogens is 3. The van der Waals surface area contributed by atoms with Crippen molar-refractivity contribution in [3.8, 4) is 0 Å². The predicted octanol–water partition coefficient (Wildman–Crippen LogP) is 4.22. The molecule has 1 amide bonds. The normalized spacial score (nSPS) is 12.5. The Morgan fingerprint density at radius 2 is 1.72 bits per heavy atom. The summed E-state index contributed by atoms with van der Waals surface area (Å²) in [5, 5.41) is 11.4. The molecule has 1 atom stereocenters. The number of hydrogen-bond donors (Lipinski definition) is 1. The molecular weight excluding hydrogens is 444 g/mol. The molecule has 170 valence electrons. The Morgan fingerprint density at radius 3 is 2.31 bits per heavy atom. The highest BCUT2D eigenvalue weighted by atomic mass is 32.2. The van der Waals surface area contributed by atoms with Crippen LogP contribution in [-0.2, 0) is 27.4 Å². The lowest BCUT2D eigenvalue weighted by Crippen LogP contribution is -2.26. The minimum absolute atomic E-state index is 0.117. The summed E-state index contributed by atoms with van der Waals surface area (Å²) in [6.07, 6.45) is 0.588. The molecule has 7 nitrogen and oxygen atoms in total. The molecule has 0 aliphatic heterocycles. The minimum atomic E-state index is -3.54. The molecule has 0 aliphatic carbocycles. The topological polar surface area (TPSA) is 93.9 Å². The lowest BCUT2D eigenvalue weighted by molar-refractivity contribution is -0.115. The van der Waals surface area contributed by atoms with Gasteiger partial charge in [0.1, 0.15) is 11.6 Å². The van der Waals surface area contributed by atoms with Crippen molar-refractivity contribution in [3.63, 3.8) is 0 Å². The smallest absolute Gasteiger partial charge is 0.237 e. The maximum Gasteiger partial charge on any atom is 0.237 e. The summed E-state index contributed by atoms with van der Waals surface area (Å²) in [6, 6.07) is 12.4. The first-order valence-corrected chi connectivity index (χ1v) is 12.9. The standard InChI is InChI=1S/C23H28N4O3S2/c1-6-19(22(28)24-21-16(3)12-15(2)13-17(21)4)31-23-26-25-20(27(23)5)14-32(29,30)18-10-8-7-9-11-18/h7-13,19H,6,14H2,1-5H3,(H,24,28). The van der Waals surface area contributed by atoms with E-state index in [1.165, 1.54) is 11.8 Å². The Hall–Kier alpha value is -2.65. The Morgan fingerprint density at radius 1 is 1.09 bits per heavy atom. The molecule has 1 N–H and O–H groups in total. The van der Waals surface area contributed by atoms with Crippen LogP contribution in [0.4, 0.5) is 5.69 Å². The summed E-state index contributed by atoms with van der Waals surface area (Å²) in [5.74, 6) is -0.0444. The van der Waals surface area contributed by atoms with E-state index in [2.05, 4.69) is 15.5 Å². The van der Waals surface area contributed by atoms with Gasteiger partial charge in [0.15, 0.2) is 15.0 Å². The van der Waals surface area contributed by atoms with Gasteiger partial charge in [-0.25, -0.2) is 8.42 Å². The van der Waals surface area contributed by atoms with Crippen LogP contribution < -0.4 is 5.32 Å². The highest BCUT2D eigenvalue weighted by Crippen LogP contribution is 2.28. The summed E-state index contributed by atoms with van der Waals surface area (Å²) < 4.78 is 27.0. The van der Waals surface area contributed by atoms with Gasteiger partial charge < -0.3 is 9.88 Å². The summed E-state index contributed by atoms with van der Waals surface area (Å²) in [5.41, 5.74) is 4.01. The molecule has 0 fully saturated rings. The van der Waals surface area contributed by atoms with Crippen LogP contribution in [0.15, 0.2) is 52.5 Å². The van der Waals surface area contributed by atoms with Crippen LogP contribution >= 0.6 is 11.8 Å². The molecule has 0 aliphatic rings. The second kappa shape index (κ2) is 9.87. The number of hydrogen-bond acceptors (Lipinski definition) is 6. The van der Waals surface area contributed by atoms with E-state index in [4.69, 9.17) is 0 Å². The van der Waals surface area contributed by atoms with Crippen LogP contribution in [0.25, 0.3) is 0 Å². The number of aryl methyl sites for hydroxylation is 3. The quantitative estimate of drug-likeness (QED) is 0.493. The molecule has 0 saturated carbocycles. The van der Waals surface area contributed by atoms with Crippen molar-refractivity contribution in [2.75, 3.05) is 5.32 Å². The maximum absolute atomic E-state index is 13.0. The third-order valence-electron chi connectivity index (χ3n) is 5.18. The van der Waals surface area contributed by atoms with Crippen molar-refractivity contribution in [3.05, 3.63) is 65.0 Å². The van der Waals surface area contributed by atoms with Gasteiger partial charge in [0.05, 0.1) is 10.1 Å². The number of sulfone groups is 1. The Bertz CT molecular complexity index is 1200. The highest BCUT2D eigenvalue weighted by molar-refractivity contribution is 8.00. The average molecular weight is 473 g/mol. The summed E-state index contributed by atoms with van der Waals surface area (Å²) in [4.78, 5) is 13.2. The minimum Gasteiger partial charge on any atom is -0.325 e. The number of thioether (sulfide) groups is 1. The van der Waals surface area contributed by atoms with Crippen molar-refractivity contribution in [1.82, 2.24) is 14.8 Å². The number of carbonyl (C=O) groups excluding carboxylic acids is 1. The van der Waals surface area contributed by atoms with Gasteiger partial charge in [0.2, 0.25) is 5.91 Å². The molecule has 3 rings (SSSR count). The van der Waals surface area contributed by atoms with Crippen LogP contribution in [0.3, 0.4) is 0 Å². The van der Waals surface area contributed by atoms with Crippen LogP contribution in [0, 0.1) is 20.8 Å². The average Bonchev–Trinajstić information content (AvgIpc) is 3.08. The first-order chi connectivity index (χ1) is 15.1. The molecule has 1 aromatic heterocycles. The molecular formula is C23H28N4O3S2. The largest absolute Gasteiger partial charge is 0.325 e. The summed E-state index contributed by atoms with van der Waals surface area (Å²) >= 11 is 1.28. The zero-order chi connectivity index (χ0) is 23.5. The molecule has 0 radical (unpaired) electrons. The van der Waals surface area contributed by atoms with Gasteiger partial charge in [0.25, 0.3) is 0 Å². The molecule has 2 aromatic carbocycles. The van der Waals surface area contributed by atoms with E-state index < -0.39 is 15.1 Å². The lowest BCUT2D eigenvalue weighted by Gasteiger charge is -2.17. The van der Waals surface area contributed by atoms with E-state index >= 15 is 0 Å². The Balaban J connectivity index is 1.75. The third-order valence-corrected chi connectivity index (χ3v) is 8.21. The number of nitrogens with one attached hydrogen (secondary N) is 1. The number of rotatable bonds is 8. The van der Waals surface area contributed by atoms with Crippen LogP contribution in [0.2, 0.25) is 0 Å². The monoisotopic (exact) mass is 472 g/mol. The fourth-order valence-electron chi connectivity index (χ4n) is 3.48. The Kier molecular flexibility index (Phi) is 7.40. The zero-order valence-corrected chi connectivity index (χ0v) is 20.5. The van der Waals surface area contributed by atoms with Gasteiger partial charge in [-0.15, -0.1) is 10.2 Å². The second-order valence-corrected chi connectivity index (χ2v) is 11.0. The first-order valence-electron chi connectivity index (χ1n) is 10.3. The molecule has 32 heavy (non-hydrogen) atoms. The lowest BCUT2D eigenvalue weighted by atomic mass is 10.0. The van der Waals surface area contributed by atoms with Crippen LogP contribution in [0.1, 0.15) is 35.9 Å². The maximum atomic E-state index is 13.0. The fraction of sp³-hybridized carbons (Fsp3) is 0.348. The second-order valence-electron chi connectivity index (χ2n) is 7.81. The van der Waals surface area contributed by atoms with E-state index in [1.807, 2.05) is 39.8 Å². The van der Waals surface area contributed by atoms with Gasteiger partial charge in [-0.05, 0) is 50.5 Å². The van der Waals surface area contributed by atoms with Crippen LogP contribution in [0.5, 0.6) is 0 Å². The zero-order valence-electron chi connectivity index (χ0n) is 18.9. The number of anilines is 1. The van der Waals surface area contributed by atoms with Gasteiger partial charge in [0, 0.05) is 12.7 Å². The number of nitrogens with zero attached hydrogens (tertiary/aromatic N) is 3. The van der Waals surface area contributed by atoms with E-state index in [1.54, 1.807) is 41.9 Å². The van der Waals surface area contributed by atoms with E-state index in [0.717, 1.165) is 22.4 Å². The van der Waals surface area contributed by atoms with E-state index in [0.29, 0.717) is 17.4 Å². The van der Waals surface area contributed by atoms with Crippen molar-refractivity contribution in [2.45, 2.75) is 55.2 Å². The molecule has 0 saturated heterocycles. The summed E-state index contributed by atoms with van der Waals surface area (Å²) in [7, 11) is -1.82. The molecule has 1 unspecified atom stereocenters. The van der Waals surface area contributed by atoms with Gasteiger partial charge >= 0.3 is 0 Å². The number of benzene rings is 2. The molecule has 0 bridgehead atoms. The van der Waals surface area contributed by atoms with E-state index in [-0.39, 0.29) is 16.6 Å². The SMILES string of the molecule is CCC(Sc1nnc(CS(=O)(=O)c2ccccc2)n1C)C(=O)Nc1c(C)cc(C)cc1C. The third kappa shape index (κ3) is 5.39. The van der Waals surface area contributed by atoms with E-state index in [9.17, 15) is 13.2 Å². The van der Waals surface area contributed by atoms with Crippen molar-refractivity contribution in [2.24, 2.45) is 7.05 Å². The summed E-state index contributed by atoms with van der Waals surface area (Å²) in [6.45, 7) is 7.92. The number of carbonyl (C=O) groups is 1. The Labute approximate surface area is 193 Å². The molecule has 0 spiro atoms. The van der Waals surface area contributed by atoms with Crippen molar-refractivity contribution >= 4 is 33.2 Å². The molecule has 9 heteroatoms. The van der Waals surface area contributed by atoms with Crippen molar-refractivity contribution in [1.29, 1.82) is 0 Å².